The predicted octanol–water partition coefficient (Wildman–Crippen LogP) is 2.47. The quantitative estimate of drug-likeness (QED) is 0.745. The van der Waals surface area contributed by atoms with Crippen LogP contribution in [-0.4, -0.2) is 27.8 Å². The summed E-state index contributed by atoms with van der Waals surface area (Å²) < 4.78 is 0. The maximum atomic E-state index is 11.7. The van der Waals surface area contributed by atoms with Crippen molar-refractivity contribution in [3.05, 3.63) is 39.9 Å². The maximum Gasteiger partial charge on any atom is 0.303 e. The van der Waals surface area contributed by atoms with E-state index in [0.717, 1.165) is 5.56 Å². The van der Waals surface area contributed by atoms with Crippen LogP contribution in [0, 0.1) is 0 Å². The second-order valence-corrected chi connectivity index (χ2v) is 6.49. The first-order chi connectivity index (χ1) is 11.3. The van der Waals surface area contributed by atoms with Crippen molar-refractivity contribution >= 4 is 40.6 Å². The van der Waals surface area contributed by atoms with Crippen LogP contribution in [0.4, 0.5) is 0 Å². The Balaban J connectivity index is 2.17. The summed E-state index contributed by atoms with van der Waals surface area (Å²) in [7, 11) is 0. The number of benzene rings is 1. The number of nitrogens with two attached hydrogens (primary N) is 1. The second kappa shape index (κ2) is 8.03. The van der Waals surface area contributed by atoms with Gasteiger partial charge in [-0.3, -0.25) is 14.4 Å². The molecule has 1 amide bonds. The summed E-state index contributed by atoms with van der Waals surface area (Å²) in [4.78, 5) is 37.8. The highest BCUT2D eigenvalue weighted by Gasteiger charge is 2.14. The van der Waals surface area contributed by atoms with E-state index in [1.165, 1.54) is 11.3 Å². The van der Waals surface area contributed by atoms with Crippen molar-refractivity contribution in [2.45, 2.75) is 25.7 Å². The molecule has 0 fully saturated rings. The van der Waals surface area contributed by atoms with Crippen LogP contribution in [0.1, 0.15) is 24.1 Å². The van der Waals surface area contributed by atoms with Gasteiger partial charge in [0.25, 0.3) is 0 Å². The first-order valence-electron chi connectivity index (χ1n) is 7.10. The minimum atomic E-state index is -1.00. The average molecular weight is 367 g/mol. The second-order valence-electron chi connectivity index (χ2n) is 5.20. The largest absolute Gasteiger partial charge is 0.481 e. The molecule has 2 aromatic rings. The summed E-state index contributed by atoms with van der Waals surface area (Å²) in [6.45, 7) is 0. The van der Waals surface area contributed by atoms with Gasteiger partial charge in [-0.25, -0.2) is 4.98 Å². The third-order valence-corrected chi connectivity index (χ3v) is 4.37. The van der Waals surface area contributed by atoms with Crippen molar-refractivity contribution in [2.75, 3.05) is 0 Å². The van der Waals surface area contributed by atoms with E-state index in [2.05, 4.69) is 4.98 Å². The average Bonchev–Trinajstić information content (AvgIpc) is 2.93. The highest BCUT2D eigenvalue weighted by Crippen LogP contribution is 2.30. The number of amides is 1. The molecule has 8 heteroatoms. The van der Waals surface area contributed by atoms with Crippen molar-refractivity contribution < 1.29 is 19.5 Å². The zero-order chi connectivity index (χ0) is 17.7. The van der Waals surface area contributed by atoms with E-state index in [4.69, 9.17) is 22.4 Å². The number of rotatable bonds is 8. The number of carbonyl (C=O) groups is 3. The van der Waals surface area contributed by atoms with E-state index in [-0.39, 0.29) is 31.5 Å². The van der Waals surface area contributed by atoms with Gasteiger partial charge in [-0.15, -0.1) is 11.3 Å². The number of carbonyl (C=O) groups excluding carboxylic acids is 2. The first-order valence-corrected chi connectivity index (χ1v) is 8.36. The molecule has 0 radical (unpaired) electrons. The summed E-state index contributed by atoms with van der Waals surface area (Å²) in [5.41, 5.74) is 7.25. The van der Waals surface area contributed by atoms with Gasteiger partial charge < -0.3 is 10.8 Å². The minimum Gasteiger partial charge on any atom is -0.481 e. The van der Waals surface area contributed by atoms with E-state index in [1.54, 1.807) is 23.6 Å². The van der Waals surface area contributed by atoms with Gasteiger partial charge in [0.2, 0.25) is 5.91 Å². The molecule has 0 unspecified atom stereocenters. The molecule has 0 saturated carbocycles. The van der Waals surface area contributed by atoms with Crippen molar-refractivity contribution in [3.63, 3.8) is 0 Å². The summed E-state index contributed by atoms with van der Waals surface area (Å²) in [5.74, 6) is -1.65. The molecule has 3 N–H and O–H groups in total. The Morgan fingerprint density at radius 2 is 1.96 bits per heavy atom. The zero-order valence-electron chi connectivity index (χ0n) is 12.6. The number of Topliss-reactive ketones (excluding diaryl/α,β-unsaturated/α-hetero) is 1. The lowest BCUT2D eigenvalue weighted by atomic mass is 10.0. The van der Waals surface area contributed by atoms with Crippen LogP contribution in [0.3, 0.4) is 0 Å². The van der Waals surface area contributed by atoms with E-state index < -0.39 is 11.9 Å². The minimum absolute atomic E-state index is 0.0178. The van der Waals surface area contributed by atoms with Crippen LogP contribution >= 0.6 is 22.9 Å². The van der Waals surface area contributed by atoms with Crippen LogP contribution in [0.15, 0.2) is 23.6 Å². The zero-order valence-corrected chi connectivity index (χ0v) is 14.2. The molecule has 6 nitrogen and oxygen atoms in total. The lowest BCUT2D eigenvalue weighted by molar-refractivity contribution is -0.138. The fourth-order valence-electron chi connectivity index (χ4n) is 2.15. The van der Waals surface area contributed by atoms with Crippen molar-refractivity contribution in [1.29, 1.82) is 0 Å². The number of halogens is 1. The summed E-state index contributed by atoms with van der Waals surface area (Å²) in [6.07, 6.45) is -0.0727. The van der Waals surface area contributed by atoms with Gasteiger partial charge in [0.05, 0.1) is 18.5 Å². The number of aliphatic carboxylic acids is 1. The number of nitrogens with zero attached hydrogens (tertiary/aromatic N) is 1. The predicted molar refractivity (Wildman–Crippen MR) is 91.0 cm³/mol. The Morgan fingerprint density at radius 3 is 2.62 bits per heavy atom. The van der Waals surface area contributed by atoms with Crippen LogP contribution < -0.4 is 5.73 Å². The molecule has 2 rings (SSSR count). The molecule has 1 aromatic carbocycles. The summed E-state index contributed by atoms with van der Waals surface area (Å²) in [6, 6.07) is 5.12. The molecule has 1 heterocycles. The van der Waals surface area contributed by atoms with E-state index >= 15 is 0 Å². The van der Waals surface area contributed by atoms with Crippen LogP contribution in [0.2, 0.25) is 5.02 Å². The maximum absolute atomic E-state index is 11.7. The number of primary amides is 1. The molecule has 126 valence electrons. The number of carboxylic acids is 1. The smallest absolute Gasteiger partial charge is 0.303 e. The number of hydrogen-bond donors (Lipinski definition) is 2. The lowest BCUT2D eigenvalue weighted by Gasteiger charge is -2.06. The van der Waals surface area contributed by atoms with Gasteiger partial charge in [-0.2, -0.15) is 0 Å². The van der Waals surface area contributed by atoms with Gasteiger partial charge in [0.1, 0.15) is 10.8 Å². The molecular weight excluding hydrogens is 352 g/mol. The topological polar surface area (TPSA) is 110 Å². The molecule has 0 saturated heterocycles. The normalized spacial score (nSPS) is 10.5. The lowest BCUT2D eigenvalue weighted by Crippen LogP contribution is -2.14. The Labute approximate surface area is 147 Å². The Morgan fingerprint density at radius 1 is 1.21 bits per heavy atom. The molecule has 1 aromatic heterocycles. The fraction of sp³-hybridized carbons (Fsp3) is 0.250. The molecule has 0 bridgehead atoms. The van der Waals surface area contributed by atoms with E-state index in [0.29, 0.717) is 21.3 Å². The molecule has 0 aliphatic rings. The summed E-state index contributed by atoms with van der Waals surface area (Å²) in [5, 5.41) is 11.5. The van der Waals surface area contributed by atoms with Crippen LogP contribution in [0.25, 0.3) is 10.6 Å². The van der Waals surface area contributed by atoms with Gasteiger partial charge in [-0.05, 0) is 17.7 Å². The van der Waals surface area contributed by atoms with Crippen molar-refractivity contribution in [3.8, 4) is 10.6 Å². The van der Waals surface area contributed by atoms with E-state index in [1.807, 2.05) is 0 Å². The van der Waals surface area contributed by atoms with Gasteiger partial charge in [-0.1, -0.05) is 17.7 Å². The molecule has 0 spiro atoms. The number of aromatic nitrogens is 1. The van der Waals surface area contributed by atoms with Crippen LogP contribution in [0.5, 0.6) is 0 Å². The molecule has 0 aliphatic heterocycles. The first kappa shape index (κ1) is 18.1. The fourth-order valence-corrected chi connectivity index (χ4v) is 3.23. The number of ketones is 1. The van der Waals surface area contributed by atoms with Gasteiger partial charge in [0, 0.05) is 28.8 Å². The van der Waals surface area contributed by atoms with Crippen molar-refractivity contribution in [2.24, 2.45) is 5.73 Å². The Bertz CT molecular complexity index is 788. The van der Waals surface area contributed by atoms with Gasteiger partial charge >= 0.3 is 5.97 Å². The molecular formula is C16H15ClN2O4S. The standard InChI is InChI=1S/C16H15ClN2O4S/c17-10-1-3-13(9(5-10)6-14(18)21)16-19-11(8-24-16)7-12(20)2-4-15(22)23/h1,3,5,8H,2,4,6-7H2,(H2,18,21)(H,22,23). The SMILES string of the molecule is NC(=O)Cc1cc(Cl)ccc1-c1nc(CC(=O)CCC(=O)O)cs1. The Kier molecular flexibility index (Phi) is 6.05. The monoisotopic (exact) mass is 366 g/mol. The number of hydrogen-bond acceptors (Lipinski definition) is 5. The summed E-state index contributed by atoms with van der Waals surface area (Å²) >= 11 is 7.30. The highest BCUT2D eigenvalue weighted by molar-refractivity contribution is 7.13. The van der Waals surface area contributed by atoms with Crippen LogP contribution in [-0.2, 0) is 27.2 Å². The molecule has 0 atom stereocenters. The number of thiazole rings is 1. The number of carboxylic acid groups (broad SMARTS) is 1. The molecule has 0 aliphatic carbocycles. The molecule has 24 heavy (non-hydrogen) atoms. The Hall–Kier alpha value is -2.25. The third kappa shape index (κ3) is 5.14. The van der Waals surface area contributed by atoms with E-state index in [9.17, 15) is 14.4 Å². The van der Waals surface area contributed by atoms with Crippen molar-refractivity contribution in [1.82, 2.24) is 4.98 Å². The van der Waals surface area contributed by atoms with Gasteiger partial charge in [0.15, 0.2) is 0 Å². The highest BCUT2D eigenvalue weighted by atomic mass is 35.5. The third-order valence-electron chi connectivity index (χ3n) is 3.21.